The molecule has 1 heterocycles. The van der Waals surface area contributed by atoms with Gasteiger partial charge < -0.3 is 34.8 Å². The Hall–Kier alpha value is -1.87. The van der Waals surface area contributed by atoms with E-state index in [1.54, 1.807) is 24.3 Å². The zero-order valence-corrected chi connectivity index (χ0v) is 12.9. The minimum absolute atomic E-state index is 0.394. The van der Waals surface area contributed by atoms with Gasteiger partial charge in [-0.2, -0.15) is 0 Å². The van der Waals surface area contributed by atoms with E-state index >= 15 is 0 Å². The number of aliphatic hydroxyl groups excluding tert-OH is 3. The molecule has 8 heteroatoms. The van der Waals surface area contributed by atoms with Crippen molar-refractivity contribution in [1.29, 1.82) is 0 Å². The third kappa shape index (κ3) is 4.11. The molecule has 0 aromatic heterocycles. The van der Waals surface area contributed by atoms with Gasteiger partial charge in [0, 0.05) is 13.0 Å². The number of carbonyl (C=O) groups is 1. The normalized spacial score (nSPS) is 30.6. The Labute approximate surface area is 133 Å². The first kappa shape index (κ1) is 17.5. The first-order valence-corrected chi connectivity index (χ1v) is 7.16. The van der Waals surface area contributed by atoms with E-state index in [4.69, 9.17) is 14.2 Å². The van der Waals surface area contributed by atoms with Gasteiger partial charge in [-0.3, -0.25) is 4.79 Å². The van der Waals surface area contributed by atoms with Crippen LogP contribution in [0, 0.1) is 0 Å². The molecule has 0 spiro atoms. The van der Waals surface area contributed by atoms with Gasteiger partial charge in [-0.25, -0.2) is 0 Å². The van der Waals surface area contributed by atoms with Crippen molar-refractivity contribution >= 4 is 5.91 Å². The Morgan fingerprint density at radius 2 is 2.00 bits per heavy atom. The summed E-state index contributed by atoms with van der Waals surface area (Å²) in [7, 11) is 1.51. The number of hydrogen-bond acceptors (Lipinski definition) is 7. The number of amides is 1. The molecule has 2 rings (SSSR count). The molecule has 8 nitrogen and oxygen atoms in total. The maximum atomic E-state index is 11.3. The molecule has 5 atom stereocenters. The van der Waals surface area contributed by atoms with Crippen LogP contribution in [0.5, 0.6) is 11.5 Å². The second-order valence-electron chi connectivity index (χ2n) is 5.23. The second-order valence-corrected chi connectivity index (χ2v) is 5.23. The number of methoxy groups -OCH3 is 1. The number of benzene rings is 1. The lowest BCUT2D eigenvalue weighted by atomic mass is 9.97. The van der Waals surface area contributed by atoms with E-state index in [9.17, 15) is 20.1 Å². The van der Waals surface area contributed by atoms with Gasteiger partial charge in [-0.05, 0) is 12.1 Å². The highest BCUT2D eigenvalue weighted by Crippen LogP contribution is 2.26. The minimum atomic E-state index is -1.35. The average molecular weight is 327 g/mol. The van der Waals surface area contributed by atoms with Gasteiger partial charge in [-0.1, -0.05) is 6.07 Å². The van der Waals surface area contributed by atoms with E-state index in [1.165, 1.54) is 14.0 Å². The molecule has 0 saturated carbocycles. The lowest BCUT2D eigenvalue weighted by molar-refractivity contribution is -0.244. The fraction of sp³-hybridized carbons (Fsp3) is 0.533. The topological polar surface area (TPSA) is 117 Å². The molecule has 1 saturated heterocycles. The van der Waals surface area contributed by atoms with Crippen molar-refractivity contribution in [2.24, 2.45) is 0 Å². The maximum Gasteiger partial charge on any atom is 0.223 e. The van der Waals surface area contributed by atoms with E-state index in [2.05, 4.69) is 5.32 Å². The van der Waals surface area contributed by atoms with E-state index in [0.29, 0.717) is 11.5 Å². The SMILES string of the molecule is COc1cccc(O[C@@H]2O[C@H](CO)[C@H](O)[C@H](O)[C@H]2NC(C)=O)c1. The van der Waals surface area contributed by atoms with Crippen LogP contribution in [0.15, 0.2) is 24.3 Å². The quantitative estimate of drug-likeness (QED) is 0.549. The summed E-state index contributed by atoms with van der Waals surface area (Å²) >= 11 is 0. The van der Waals surface area contributed by atoms with Crippen molar-refractivity contribution in [2.45, 2.75) is 37.6 Å². The lowest BCUT2D eigenvalue weighted by Crippen LogP contribution is -2.65. The first-order valence-electron chi connectivity index (χ1n) is 7.16. The molecule has 1 amide bonds. The summed E-state index contributed by atoms with van der Waals surface area (Å²) in [5.41, 5.74) is 0. The number of aliphatic hydroxyl groups is 3. The van der Waals surface area contributed by atoms with E-state index in [0.717, 1.165) is 0 Å². The van der Waals surface area contributed by atoms with Crippen molar-refractivity contribution in [3.05, 3.63) is 24.3 Å². The van der Waals surface area contributed by atoms with Gasteiger partial charge in [0.15, 0.2) is 0 Å². The molecule has 1 aliphatic rings. The van der Waals surface area contributed by atoms with Crippen LogP contribution in [0.25, 0.3) is 0 Å². The van der Waals surface area contributed by atoms with E-state index in [1.807, 2.05) is 0 Å². The van der Waals surface area contributed by atoms with Crippen LogP contribution in [0.4, 0.5) is 0 Å². The molecule has 1 aromatic carbocycles. The Balaban J connectivity index is 2.21. The number of nitrogens with one attached hydrogen (secondary N) is 1. The zero-order chi connectivity index (χ0) is 17.0. The molecular formula is C15H21NO7. The lowest BCUT2D eigenvalue weighted by Gasteiger charge is -2.42. The molecule has 0 aliphatic carbocycles. The van der Waals surface area contributed by atoms with Crippen molar-refractivity contribution in [2.75, 3.05) is 13.7 Å². The summed E-state index contributed by atoms with van der Waals surface area (Å²) in [6.45, 7) is 0.781. The van der Waals surface area contributed by atoms with Gasteiger partial charge in [0.1, 0.15) is 35.9 Å². The predicted octanol–water partition coefficient (Wildman–Crippen LogP) is -0.982. The Kier molecular flexibility index (Phi) is 5.78. The average Bonchev–Trinajstić information content (AvgIpc) is 2.54. The fourth-order valence-electron chi connectivity index (χ4n) is 2.38. The summed E-state index contributed by atoms with van der Waals surface area (Å²) in [4.78, 5) is 11.3. The van der Waals surface area contributed by atoms with Crippen LogP contribution >= 0.6 is 0 Å². The highest BCUT2D eigenvalue weighted by molar-refractivity contribution is 5.73. The number of carbonyl (C=O) groups excluding carboxylic acids is 1. The fourth-order valence-corrected chi connectivity index (χ4v) is 2.38. The predicted molar refractivity (Wildman–Crippen MR) is 79.0 cm³/mol. The third-order valence-corrected chi connectivity index (χ3v) is 3.54. The molecular weight excluding hydrogens is 306 g/mol. The number of ether oxygens (including phenoxy) is 3. The minimum Gasteiger partial charge on any atom is -0.497 e. The second kappa shape index (κ2) is 7.60. The Morgan fingerprint density at radius 3 is 2.61 bits per heavy atom. The largest absolute Gasteiger partial charge is 0.497 e. The van der Waals surface area contributed by atoms with Gasteiger partial charge in [0.05, 0.1) is 13.7 Å². The smallest absolute Gasteiger partial charge is 0.223 e. The van der Waals surface area contributed by atoms with Crippen LogP contribution < -0.4 is 14.8 Å². The van der Waals surface area contributed by atoms with Crippen LogP contribution in [-0.4, -0.2) is 65.6 Å². The summed E-state index contributed by atoms with van der Waals surface area (Å²) in [5, 5.41) is 31.8. The molecule has 0 unspecified atom stereocenters. The van der Waals surface area contributed by atoms with Gasteiger partial charge in [-0.15, -0.1) is 0 Å². The number of rotatable bonds is 5. The Bertz CT molecular complexity index is 538. The van der Waals surface area contributed by atoms with Crippen LogP contribution in [-0.2, 0) is 9.53 Å². The first-order chi connectivity index (χ1) is 11.0. The van der Waals surface area contributed by atoms with Gasteiger partial charge in [0.25, 0.3) is 0 Å². The van der Waals surface area contributed by atoms with Crippen LogP contribution in [0.1, 0.15) is 6.92 Å². The monoisotopic (exact) mass is 327 g/mol. The van der Waals surface area contributed by atoms with Gasteiger partial charge in [0.2, 0.25) is 12.2 Å². The van der Waals surface area contributed by atoms with Crippen LogP contribution in [0.2, 0.25) is 0 Å². The molecule has 1 aromatic rings. The van der Waals surface area contributed by atoms with Crippen LogP contribution in [0.3, 0.4) is 0 Å². The van der Waals surface area contributed by atoms with E-state index in [-0.39, 0.29) is 0 Å². The van der Waals surface area contributed by atoms with E-state index < -0.39 is 43.2 Å². The summed E-state index contributed by atoms with van der Waals surface area (Å²) in [5.74, 6) is 0.546. The van der Waals surface area contributed by atoms with Crippen molar-refractivity contribution in [1.82, 2.24) is 5.32 Å². The summed E-state index contributed by atoms with van der Waals surface area (Å²) in [6, 6.07) is 5.71. The molecule has 4 N–H and O–H groups in total. The molecule has 23 heavy (non-hydrogen) atoms. The van der Waals surface area contributed by atoms with Crippen molar-refractivity contribution in [3.63, 3.8) is 0 Å². The standard InChI is InChI=1S/C15H21NO7/c1-8(18)16-12-14(20)13(19)11(7-17)23-15(12)22-10-5-3-4-9(6-10)21-2/h3-6,11-15,17,19-20H,7H2,1-2H3,(H,16,18)/t11-,12-,13+,14-,15-/m1/s1. The highest BCUT2D eigenvalue weighted by Gasteiger charge is 2.46. The van der Waals surface area contributed by atoms with Crippen molar-refractivity contribution < 1.29 is 34.3 Å². The highest BCUT2D eigenvalue weighted by atomic mass is 16.7. The molecule has 0 radical (unpaired) electrons. The third-order valence-electron chi connectivity index (χ3n) is 3.54. The summed E-state index contributed by atoms with van der Waals surface area (Å²) < 4.78 is 16.2. The molecule has 128 valence electrons. The van der Waals surface area contributed by atoms with Gasteiger partial charge >= 0.3 is 0 Å². The zero-order valence-electron chi connectivity index (χ0n) is 12.9. The number of hydrogen-bond donors (Lipinski definition) is 4. The Morgan fingerprint density at radius 1 is 1.30 bits per heavy atom. The molecule has 1 fully saturated rings. The summed E-state index contributed by atoms with van der Waals surface area (Å²) in [6.07, 6.45) is -4.80. The molecule has 0 bridgehead atoms. The molecule has 1 aliphatic heterocycles. The van der Waals surface area contributed by atoms with Crippen molar-refractivity contribution in [3.8, 4) is 11.5 Å². The maximum absolute atomic E-state index is 11.3.